The fourth-order valence-electron chi connectivity index (χ4n) is 4.03. The molecule has 2 heterocycles. The van der Waals surface area contributed by atoms with Crippen molar-refractivity contribution in [1.82, 2.24) is 10.2 Å². The Morgan fingerprint density at radius 3 is 2.72 bits per heavy atom. The summed E-state index contributed by atoms with van der Waals surface area (Å²) in [7, 11) is 0. The number of rotatable bonds is 6. The zero-order valence-electron chi connectivity index (χ0n) is 15.7. The van der Waals surface area contributed by atoms with Crippen LogP contribution in [0.25, 0.3) is 0 Å². The van der Waals surface area contributed by atoms with Crippen LogP contribution < -0.4 is 5.32 Å². The van der Waals surface area contributed by atoms with Crippen LogP contribution in [-0.4, -0.2) is 49.7 Å². The number of carbonyl (C=O) groups excluding carboxylic acids is 1. The van der Waals surface area contributed by atoms with Gasteiger partial charge in [-0.05, 0) is 56.6 Å². The third-order valence-electron chi connectivity index (χ3n) is 5.61. The summed E-state index contributed by atoms with van der Waals surface area (Å²) < 4.78 is 5.47. The van der Waals surface area contributed by atoms with Crippen LogP contribution in [0.5, 0.6) is 0 Å². The van der Waals surface area contributed by atoms with Gasteiger partial charge in [0.15, 0.2) is 0 Å². The van der Waals surface area contributed by atoms with Gasteiger partial charge in [-0.25, -0.2) is 0 Å². The van der Waals surface area contributed by atoms with Gasteiger partial charge in [0.2, 0.25) is 5.91 Å². The first-order valence-electron chi connectivity index (χ1n) is 9.76. The van der Waals surface area contributed by atoms with Crippen LogP contribution in [0.2, 0.25) is 0 Å². The molecule has 2 aliphatic heterocycles. The standard InChI is InChI=1S/C21H32N2O2/c1-16-3-4-19(17(2)13-16)5-6-21(24)22-20-7-10-23(11-8-20)14-18-9-12-25-15-18/h3-4,13,18,20H,5-12,14-15H2,1-2H3,(H,22,24)/t18-/m1/s1. The highest BCUT2D eigenvalue weighted by atomic mass is 16.5. The molecule has 0 bridgehead atoms. The first-order chi connectivity index (χ1) is 12.1. The highest BCUT2D eigenvalue weighted by Crippen LogP contribution is 2.18. The number of piperidine rings is 1. The summed E-state index contributed by atoms with van der Waals surface area (Å²) in [6.07, 6.45) is 4.77. The minimum Gasteiger partial charge on any atom is -0.381 e. The van der Waals surface area contributed by atoms with Gasteiger partial charge in [-0.3, -0.25) is 4.79 Å². The molecule has 2 fully saturated rings. The molecule has 25 heavy (non-hydrogen) atoms. The van der Waals surface area contributed by atoms with E-state index in [0.717, 1.165) is 52.1 Å². The third-order valence-corrected chi connectivity index (χ3v) is 5.61. The molecular weight excluding hydrogens is 312 g/mol. The quantitative estimate of drug-likeness (QED) is 0.863. The average molecular weight is 344 g/mol. The molecule has 3 rings (SSSR count). The fraction of sp³-hybridized carbons (Fsp3) is 0.667. The summed E-state index contributed by atoms with van der Waals surface area (Å²) in [5.41, 5.74) is 3.85. The van der Waals surface area contributed by atoms with Gasteiger partial charge in [-0.15, -0.1) is 0 Å². The second-order valence-corrected chi connectivity index (χ2v) is 7.80. The van der Waals surface area contributed by atoms with Gasteiger partial charge in [-0.1, -0.05) is 23.8 Å². The maximum absolute atomic E-state index is 12.3. The van der Waals surface area contributed by atoms with E-state index in [2.05, 4.69) is 42.3 Å². The summed E-state index contributed by atoms with van der Waals surface area (Å²) in [5.74, 6) is 0.909. The topological polar surface area (TPSA) is 41.6 Å². The number of carbonyl (C=O) groups is 1. The van der Waals surface area contributed by atoms with E-state index in [1.165, 1.54) is 23.1 Å². The van der Waals surface area contributed by atoms with Crippen molar-refractivity contribution in [2.24, 2.45) is 5.92 Å². The van der Waals surface area contributed by atoms with E-state index in [1.54, 1.807) is 0 Å². The van der Waals surface area contributed by atoms with E-state index in [4.69, 9.17) is 4.74 Å². The first-order valence-corrected chi connectivity index (χ1v) is 9.76. The minimum atomic E-state index is 0.197. The number of hydrogen-bond acceptors (Lipinski definition) is 3. The Morgan fingerprint density at radius 2 is 2.04 bits per heavy atom. The monoisotopic (exact) mass is 344 g/mol. The van der Waals surface area contributed by atoms with Gasteiger partial charge in [-0.2, -0.15) is 0 Å². The van der Waals surface area contributed by atoms with Crippen LogP contribution in [0.4, 0.5) is 0 Å². The van der Waals surface area contributed by atoms with Crippen molar-refractivity contribution in [1.29, 1.82) is 0 Å². The lowest BCUT2D eigenvalue weighted by Gasteiger charge is -2.33. The van der Waals surface area contributed by atoms with Crippen LogP contribution in [0.15, 0.2) is 18.2 Å². The Bertz CT molecular complexity index is 573. The number of amides is 1. The number of nitrogens with one attached hydrogen (secondary N) is 1. The second kappa shape index (κ2) is 8.81. The molecule has 2 saturated heterocycles. The predicted molar refractivity (Wildman–Crippen MR) is 101 cm³/mol. The average Bonchev–Trinajstić information content (AvgIpc) is 3.09. The van der Waals surface area contributed by atoms with Crippen molar-refractivity contribution in [2.45, 2.75) is 52.0 Å². The Labute approximate surface area is 151 Å². The summed E-state index contributed by atoms with van der Waals surface area (Å²) in [5, 5.41) is 3.24. The Hall–Kier alpha value is -1.39. The van der Waals surface area contributed by atoms with E-state index >= 15 is 0 Å². The fourth-order valence-corrected chi connectivity index (χ4v) is 4.03. The van der Waals surface area contributed by atoms with Gasteiger partial charge >= 0.3 is 0 Å². The molecule has 1 N–H and O–H groups in total. The maximum Gasteiger partial charge on any atom is 0.220 e. The van der Waals surface area contributed by atoms with E-state index in [1.807, 2.05) is 0 Å². The number of aryl methyl sites for hydroxylation is 3. The van der Waals surface area contributed by atoms with Crippen molar-refractivity contribution in [3.8, 4) is 0 Å². The minimum absolute atomic E-state index is 0.197. The van der Waals surface area contributed by atoms with Crippen LogP contribution in [0.3, 0.4) is 0 Å². The molecule has 1 atom stereocenters. The summed E-state index contributed by atoms with van der Waals surface area (Å²) in [6.45, 7) is 9.44. The smallest absolute Gasteiger partial charge is 0.220 e. The number of benzene rings is 1. The molecule has 2 aliphatic rings. The van der Waals surface area contributed by atoms with Crippen molar-refractivity contribution < 1.29 is 9.53 Å². The Balaban J connectivity index is 1.36. The van der Waals surface area contributed by atoms with E-state index in [9.17, 15) is 4.79 Å². The molecule has 0 unspecified atom stereocenters. The molecular formula is C21H32N2O2. The molecule has 4 heteroatoms. The molecule has 4 nitrogen and oxygen atoms in total. The molecule has 0 saturated carbocycles. The Morgan fingerprint density at radius 1 is 1.24 bits per heavy atom. The van der Waals surface area contributed by atoms with Gasteiger partial charge < -0.3 is 15.0 Å². The number of ether oxygens (including phenoxy) is 1. The van der Waals surface area contributed by atoms with Gasteiger partial charge in [0.05, 0.1) is 6.61 Å². The number of nitrogens with zero attached hydrogens (tertiary/aromatic N) is 1. The SMILES string of the molecule is Cc1ccc(CCC(=O)NC2CCN(C[C@H]3CCOC3)CC2)c(C)c1. The Kier molecular flexibility index (Phi) is 6.49. The predicted octanol–water partition coefficient (Wildman–Crippen LogP) is 2.85. The zero-order valence-corrected chi connectivity index (χ0v) is 15.7. The van der Waals surface area contributed by atoms with Crippen molar-refractivity contribution in [3.05, 3.63) is 34.9 Å². The van der Waals surface area contributed by atoms with E-state index in [-0.39, 0.29) is 5.91 Å². The molecule has 1 aromatic rings. The molecule has 0 spiro atoms. The largest absolute Gasteiger partial charge is 0.381 e. The summed E-state index contributed by atoms with van der Waals surface area (Å²) >= 11 is 0. The number of hydrogen-bond donors (Lipinski definition) is 1. The number of likely N-dealkylation sites (tertiary alicyclic amines) is 1. The highest BCUT2D eigenvalue weighted by molar-refractivity contribution is 5.76. The molecule has 1 amide bonds. The van der Waals surface area contributed by atoms with Crippen molar-refractivity contribution >= 4 is 5.91 Å². The van der Waals surface area contributed by atoms with Gasteiger partial charge in [0.1, 0.15) is 0 Å². The summed E-state index contributed by atoms with van der Waals surface area (Å²) in [4.78, 5) is 14.8. The van der Waals surface area contributed by atoms with Crippen LogP contribution >= 0.6 is 0 Å². The highest BCUT2D eigenvalue weighted by Gasteiger charge is 2.24. The van der Waals surface area contributed by atoms with Crippen molar-refractivity contribution in [2.75, 3.05) is 32.8 Å². The lowest BCUT2D eigenvalue weighted by molar-refractivity contribution is -0.122. The van der Waals surface area contributed by atoms with Crippen molar-refractivity contribution in [3.63, 3.8) is 0 Å². The van der Waals surface area contributed by atoms with Crippen LogP contribution in [-0.2, 0) is 16.0 Å². The molecule has 138 valence electrons. The molecule has 0 radical (unpaired) electrons. The molecule has 0 aromatic heterocycles. The first kappa shape index (κ1) is 18.4. The molecule has 1 aromatic carbocycles. The van der Waals surface area contributed by atoms with Crippen LogP contribution in [0.1, 0.15) is 42.4 Å². The molecule has 0 aliphatic carbocycles. The second-order valence-electron chi connectivity index (χ2n) is 7.80. The lowest BCUT2D eigenvalue weighted by atomic mass is 10.00. The van der Waals surface area contributed by atoms with Crippen LogP contribution in [0, 0.1) is 19.8 Å². The van der Waals surface area contributed by atoms with Gasteiger partial charge in [0, 0.05) is 38.7 Å². The normalized spacial score (nSPS) is 22.2. The van der Waals surface area contributed by atoms with E-state index < -0.39 is 0 Å². The third kappa shape index (κ3) is 5.55. The van der Waals surface area contributed by atoms with E-state index in [0.29, 0.717) is 18.4 Å². The summed E-state index contributed by atoms with van der Waals surface area (Å²) in [6, 6.07) is 6.83. The zero-order chi connectivity index (χ0) is 17.6. The van der Waals surface area contributed by atoms with Gasteiger partial charge in [0.25, 0.3) is 0 Å². The lowest BCUT2D eigenvalue weighted by Crippen LogP contribution is -2.45. The maximum atomic E-state index is 12.3.